The zero-order valence-corrected chi connectivity index (χ0v) is 23.6. The van der Waals surface area contributed by atoms with E-state index < -0.39 is 5.60 Å². The normalized spacial score (nSPS) is 15.9. The van der Waals surface area contributed by atoms with Gasteiger partial charge >= 0.3 is 0 Å². The van der Waals surface area contributed by atoms with Gasteiger partial charge in [-0.3, -0.25) is 0 Å². The monoisotopic (exact) mass is 558 g/mol. The molecule has 0 fully saturated rings. The van der Waals surface area contributed by atoms with Crippen LogP contribution in [0, 0.1) is 35.2 Å². The first-order valence-corrected chi connectivity index (χ1v) is 13.6. The SMILES string of the molecule is Cc1c(C)c(O)c(C=CC(C)(O)CCCC(C)CCCC(C)CCCC(C)C)c(I)c1O. The van der Waals surface area contributed by atoms with Gasteiger partial charge in [-0.1, -0.05) is 91.2 Å². The lowest BCUT2D eigenvalue weighted by molar-refractivity contribution is 0.0979. The van der Waals surface area contributed by atoms with Gasteiger partial charge in [-0.15, -0.1) is 0 Å². The molecule has 3 N–H and O–H groups in total. The molecule has 0 saturated carbocycles. The number of hydrogen-bond acceptors (Lipinski definition) is 3. The Bertz CT molecular complexity index is 708. The average molecular weight is 559 g/mol. The first-order valence-electron chi connectivity index (χ1n) is 12.5. The van der Waals surface area contributed by atoms with Gasteiger partial charge in [0, 0.05) is 5.56 Å². The van der Waals surface area contributed by atoms with Gasteiger partial charge < -0.3 is 15.3 Å². The van der Waals surface area contributed by atoms with E-state index in [9.17, 15) is 15.3 Å². The molecule has 32 heavy (non-hydrogen) atoms. The second-order valence-electron chi connectivity index (χ2n) is 10.7. The van der Waals surface area contributed by atoms with E-state index in [1.807, 2.05) is 29.5 Å². The maximum absolute atomic E-state index is 10.8. The molecule has 0 aliphatic rings. The minimum atomic E-state index is -0.936. The summed E-state index contributed by atoms with van der Waals surface area (Å²) in [5.74, 6) is 2.69. The van der Waals surface area contributed by atoms with E-state index in [1.54, 1.807) is 26.0 Å². The van der Waals surface area contributed by atoms with E-state index in [-0.39, 0.29) is 11.5 Å². The van der Waals surface area contributed by atoms with Crippen LogP contribution in [0.25, 0.3) is 6.08 Å². The molecule has 0 saturated heterocycles. The summed E-state index contributed by atoms with van der Waals surface area (Å²) in [7, 11) is 0. The zero-order valence-electron chi connectivity index (χ0n) is 21.5. The van der Waals surface area contributed by atoms with Crippen molar-refractivity contribution < 1.29 is 15.3 Å². The highest BCUT2D eigenvalue weighted by molar-refractivity contribution is 14.1. The van der Waals surface area contributed by atoms with E-state index in [0.29, 0.717) is 32.6 Å². The minimum absolute atomic E-state index is 0.170. The van der Waals surface area contributed by atoms with Crippen molar-refractivity contribution in [2.75, 3.05) is 0 Å². The molecule has 3 atom stereocenters. The number of rotatable bonds is 14. The summed E-state index contributed by atoms with van der Waals surface area (Å²) >= 11 is 2.05. The molecule has 1 aromatic rings. The van der Waals surface area contributed by atoms with Crippen molar-refractivity contribution in [1.29, 1.82) is 0 Å². The first-order chi connectivity index (χ1) is 14.9. The lowest BCUT2D eigenvalue weighted by Crippen LogP contribution is -2.20. The summed E-state index contributed by atoms with van der Waals surface area (Å²) < 4.78 is 0.613. The second kappa shape index (κ2) is 13.8. The van der Waals surface area contributed by atoms with Crippen molar-refractivity contribution in [3.8, 4) is 11.5 Å². The van der Waals surface area contributed by atoms with Gasteiger partial charge in [0.15, 0.2) is 0 Å². The Morgan fingerprint density at radius 3 is 1.81 bits per heavy atom. The third-order valence-electron chi connectivity index (χ3n) is 6.83. The van der Waals surface area contributed by atoms with Crippen molar-refractivity contribution in [1.82, 2.24) is 0 Å². The Balaban J connectivity index is 2.44. The van der Waals surface area contributed by atoms with Crippen LogP contribution in [0.1, 0.15) is 109 Å². The van der Waals surface area contributed by atoms with Crippen LogP contribution in [0.2, 0.25) is 0 Å². The number of phenols is 2. The van der Waals surface area contributed by atoms with Gasteiger partial charge in [0.2, 0.25) is 0 Å². The Morgan fingerprint density at radius 2 is 1.28 bits per heavy atom. The molecular weight excluding hydrogens is 511 g/mol. The molecule has 0 aliphatic carbocycles. The van der Waals surface area contributed by atoms with Crippen LogP contribution in [0.3, 0.4) is 0 Å². The zero-order chi connectivity index (χ0) is 24.5. The maximum atomic E-state index is 10.8. The summed E-state index contributed by atoms with van der Waals surface area (Å²) in [4.78, 5) is 0. The van der Waals surface area contributed by atoms with Crippen molar-refractivity contribution in [3.63, 3.8) is 0 Å². The number of aliphatic hydroxyl groups is 1. The van der Waals surface area contributed by atoms with Crippen molar-refractivity contribution in [2.45, 2.75) is 112 Å². The number of phenolic OH excluding ortho intramolecular Hbond substituents is 2. The topological polar surface area (TPSA) is 60.7 Å². The van der Waals surface area contributed by atoms with Crippen LogP contribution in [-0.4, -0.2) is 20.9 Å². The Labute approximate surface area is 210 Å². The molecule has 3 nitrogen and oxygen atoms in total. The van der Waals surface area contributed by atoms with E-state index in [0.717, 1.165) is 24.7 Å². The van der Waals surface area contributed by atoms with E-state index in [1.165, 1.54) is 38.5 Å². The molecule has 0 aromatic heterocycles. The molecule has 3 unspecified atom stereocenters. The van der Waals surface area contributed by atoms with Gasteiger partial charge in [0.25, 0.3) is 0 Å². The molecule has 0 spiro atoms. The van der Waals surface area contributed by atoms with Gasteiger partial charge in [-0.25, -0.2) is 0 Å². The smallest absolute Gasteiger partial charge is 0.132 e. The fourth-order valence-electron chi connectivity index (χ4n) is 4.24. The molecule has 1 rings (SSSR count). The van der Waals surface area contributed by atoms with Crippen LogP contribution in [0.4, 0.5) is 0 Å². The summed E-state index contributed by atoms with van der Waals surface area (Å²) in [5, 5.41) is 31.6. The molecule has 0 amide bonds. The summed E-state index contributed by atoms with van der Waals surface area (Å²) in [6.07, 6.45) is 14.2. The predicted molar refractivity (Wildman–Crippen MR) is 146 cm³/mol. The number of benzene rings is 1. The third kappa shape index (κ3) is 10.0. The number of hydrogen-bond donors (Lipinski definition) is 3. The van der Waals surface area contributed by atoms with Crippen molar-refractivity contribution >= 4 is 28.7 Å². The predicted octanol–water partition coefficient (Wildman–Crippen LogP) is 8.52. The summed E-state index contributed by atoms with van der Waals surface area (Å²) in [6.45, 7) is 14.7. The lowest BCUT2D eigenvalue weighted by Gasteiger charge is -2.21. The van der Waals surface area contributed by atoms with Crippen LogP contribution >= 0.6 is 22.6 Å². The molecule has 184 valence electrons. The Morgan fingerprint density at radius 1 is 0.812 bits per heavy atom. The highest BCUT2D eigenvalue weighted by atomic mass is 127. The number of aromatic hydroxyl groups is 2. The summed E-state index contributed by atoms with van der Waals surface area (Å²) in [5.41, 5.74) is 0.997. The fourth-order valence-corrected chi connectivity index (χ4v) is 5.08. The molecule has 4 heteroatoms. The van der Waals surface area contributed by atoms with E-state index in [4.69, 9.17) is 0 Å². The second-order valence-corrected chi connectivity index (χ2v) is 11.8. The van der Waals surface area contributed by atoms with Gasteiger partial charge in [-0.2, -0.15) is 0 Å². The maximum Gasteiger partial charge on any atom is 0.132 e. The minimum Gasteiger partial charge on any atom is -0.507 e. The highest BCUT2D eigenvalue weighted by Crippen LogP contribution is 2.38. The molecule has 1 aromatic carbocycles. The van der Waals surface area contributed by atoms with Crippen LogP contribution in [-0.2, 0) is 0 Å². The average Bonchev–Trinajstić information content (AvgIpc) is 2.70. The van der Waals surface area contributed by atoms with Gasteiger partial charge in [0.1, 0.15) is 11.5 Å². The molecule has 0 radical (unpaired) electrons. The highest BCUT2D eigenvalue weighted by Gasteiger charge is 2.20. The van der Waals surface area contributed by atoms with Crippen LogP contribution in [0.5, 0.6) is 11.5 Å². The number of halogens is 1. The quantitative estimate of drug-likeness (QED) is 0.158. The largest absolute Gasteiger partial charge is 0.507 e. The van der Waals surface area contributed by atoms with Gasteiger partial charge in [-0.05, 0) is 78.7 Å². The fraction of sp³-hybridized carbons (Fsp3) is 0.714. The van der Waals surface area contributed by atoms with E-state index in [2.05, 4.69) is 27.7 Å². The molecular formula is C28H47IO3. The summed E-state index contributed by atoms with van der Waals surface area (Å²) in [6, 6.07) is 0. The van der Waals surface area contributed by atoms with Crippen molar-refractivity contribution in [2.24, 2.45) is 17.8 Å². The molecule has 0 aliphatic heterocycles. The molecule has 0 heterocycles. The van der Waals surface area contributed by atoms with Crippen LogP contribution in [0.15, 0.2) is 6.08 Å². The Hall–Kier alpha value is -0.750. The Kier molecular flexibility index (Phi) is 12.7. The lowest BCUT2D eigenvalue weighted by atomic mass is 9.90. The van der Waals surface area contributed by atoms with Gasteiger partial charge in [0.05, 0.1) is 9.17 Å². The van der Waals surface area contributed by atoms with Crippen LogP contribution < -0.4 is 0 Å². The first kappa shape index (κ1) is 29.3. The standard InChI is InChI=1S/C28H47IO3/c1-19(2)11-8-12-20(3)13-9-14-21(4)15-10-17-28(7,32)18-16-24-25(29)27(31)23(6)22(5)26(24)30/h16,18-21,30-32H,8-15,17H2,1-7H3. The third-order valence-corrected chi connectivity index (χ3v) is 7.93. The van der Waals surface area contributed by atoms with E-state index >= 15 is 0 Å². The molecule has 0 bridgehead atoms. The van der Waals surface area contributed by atoms with Crippen molar-refractivity contribution in [3.05, 3.63) is 26.3 Å².